The van der Waals surface area contributed by atoms with Crippen LogP contribution in [0.1, 0.15) is 28.1 Å². The molecule has 1 aromatic carbocycles. The van der Waals surface area contributed by atoms with Crippen LogP contribution in [0.15, 0.2) is 35.7 Å². The number of hydrogen-bond acceptors (Lipinski definition) is 2. The lowest BCUT2D eigenvalue weighted by Gasteiger charge is -2.22. The average molecular weight is 307 g/mol. The molecule has 0 aliphatic heterocycles. The van der Waals surface area contributed by atoms with Crippen LogP contribution in [0.2, 0.25) is 0 Å². The van der Waals surface area contributed by atoms with Crippen LogP contribution < -0.4 is 0 Å². The van der Waals surface area contributed by atoms with E-state index in [4.69, 9.17) is 0 Å². The summed E-state index contributed by atoms with van der Waals surface area (Å²) in [4.78, 5) is 15.4. The lowest BCUT2D eigenvalue weighted by atomic mass is 10.1. The van der Waals surface area contributed by atoms with Crippen molar-refractivity contribution < 1.29 is 13.6 Å². The molecule has 0 radical (unpaired) electrons. The highest BCUT2D eigenvalue weighted by molar-refractivity contribution is 7.09. The molecule has 1 fully saturated rings. The number of nitrogens with zero attached hydrogens (tertiary/aromatic N) is 1. The molecule has 21 heavy (non-hydrogen) atoms. The summed E-state index contributed by atoms with van der Waals surface area (Å²) in [5.74, 6) is -1.80. The number of hydrogen-bond donors (Lipinski definition) is 0. The number of carbonyl (C=O) groups is 1. The zero-order valence-corrected chi connectivity index (χ0v) is 12.2. The second-order valence-corrected chi connectivity index (χ2v) is 6.22. The van der Waals surface area contributed by atoms with Crippen molar-refractivity contribution in [3.8, 4) is 0 Å². The fourth-order valence-corrected chi connectivity index (χ4v) is 3.04. The number of carbonyl (C=O) groups excluding carboxylic acids is 1. The van der Waals surface area contributed by atoms with Gasteiger partial charge in [-0.25, -0.2) is 8.78 Å². The second kappa shape index (κ2) is 5.93. The third-order valence-electron chi connectivity index (χ3n) is 3.59. The van der Waals surface area contributed by atoms with Crippen LogP contribution in [0.3, 0.4) is 0 Å². The quantitative estimate of drug-likeness (QED) is 0.821. The van der Waals surface area contributed by atoms with Crippen LogP contribution in [0.25, 0.3) is 0 Å². The van der Waals surface area contributed by atoms with Gasteiger partial charge in [0.1, 0.15) is 11.6 Å². The monoisotopic (exact) mass is 307 g/mol. The van der Waals surface area contributed by atoms with Crippen molar-refractivity contribution in [2.75, 3.05) is 6.54 Å². The van der Waals surface area contributed by atoms with Gasteiger partial charge in [-0.1, -0.05) is 6.07 Å². The van der Waals surface area contributed by atoms with E-state index >= 15 is 0 Å². The summed E-state index contributed by atoms with van der Waals surface area (Å²) in [6.45, 7) is 0.570. The molecule has 0 N–H and O–H groups in total. The van der Waals surface area contributed by atoms with E-state index in [-0.39, 0.29) is 17.5 Å². The molecule has 1 aliphatic carbocycles. The molecule has 0 unspecified atom stereocenters. The minimum Gasteiger partial charge on any atom is -0.335 e. The highest BCUT2D eigenvalue weighted by Gasteiger charge is 2.33. The van der Waals surface area contributed by atoms with E-state index in [0.717, 1.165) is 31.4 Å². The summed E-state index contributed by atoms with van der Waals surface area (Å²) < 4.78 is 26.7. The Morgan fingerprint density at radius 3 is 2.71 bits per heavy atom. The topological polar surface area (TPSA) is 20.3 Å². The molecule has 0 atom stereocenters. The zero-order valence-electron chi connectivity index (χ0n) is 11.4. The van der Waals surface area contributed by atoms with E-state index in [1.807, 2.05) is 17.5 Å². The van der Waals surface area contributed by atoms with Gasteiger partial charge in [-0.2, -0.15) is 0 Å². The maximum Gasteiger partial charge on any atom is 0.257 e. The lowest BCUT2D eigenvalue weighted by Crippen LogP contribution is -2.35. The van der Waals surface area contributed by atoms with E-state index in [2.05, 4.69) is 0 Å². The van der Waals surface area contributed by atoms with E-state index < -0.39 is 11.6 Å². The number of rotatable bonds is 5. The minimum absolute atomic E-state index is 0.0468. The van der Waals surface area contributed by atoms with Crippen molar-refractivity contribution in [3.63, 3.8) is 0 Å². The van der Waals surface area contributed by atoms with E-state index in [1.54, 1.807) is 16.2 Å². The Balaban J connectivity index is 1.75. The van der Waals surface area contributed by atoms with E-state index in [1.165, 1.54) is 10.9 Å². The van der Waals surface area contributed by atoms with E-state index in [0.29, 0.717) is 6.54 Å². The Bertz CT molecular complexity index is 638. The van der Waals surface area contributed by atoms with E-state index in [9.17, 15) is 13.6 Å². The average Bonchev–Trinajstić information content (AvgIpc) is 3.14. The predicted molar refractivity (Wildman–Crippen MR) is 78.4 cm³/mol. The van der Waals surface area contributed by atoms with Gasteiger partial charge in [0.15, 0.2) is 0 Å². The standard InChI is InChI=1S/C16H15F2NOS/c17-11-3-6-14(15(18)10-11)16(20)19(12-4-5-12)8-7-13-2-1-9-21-13/h1-3,6,9-10,12H,4-5,7-8H2. The molecule has 2 aromatic rings. The molecule has 110 valence electrons. The fraction of sp³-hybridized carbons (Fsp3) is 0.312. The largest absolute Gasteiger partial charge is 0.335 e. The summed E-state index contributed by atoms with van der Waals surface area (Å²) in [6, 6.07) is 7.31. The van der Waals surface area contributed by atoms with Crippen molar-refractivity contribution in [1.82, 2.24) is 4.90 Å². The first kappa shape index (κ1) is 14.2. The fourth-order valence-electron chi connectivity index (χ4n) is 2.34. The number of benzene rings is 1. The molecule has 0 bridgehead atoms. The SMILES string of the molecule is O=C(c1ccc(F)cc1F)N(CCc1cccs1)C1CC1. The maximum atomic E-state index is 13.8. The van der Waals surface area contributed by atoms with Gasteiger partial charge in [-0.05, 0) is 42.8 Å². The molecule has 0 saturated heterocycles. The van der Waals surface area contributed by atoms with Gasteiger partial charge in [0.25, 0.3) is 5.91 Å². The van der Waals surface area contributed by atoms with Crippen LogP contribution >= 0.6 is 11.3 Å². The first-order chi connectivity index (χ1) is 10.1. The number of thiophene rings is 1. The smallest absolute Gasteiger partial charge is 0.257 e. The molecule has 1 amide bonds. The summed E-state index contributed by atoms with van der Waals surface area (Å²) >= 11 is 1.65. The Hall–Kier alpha value is -1.75. The molecule has 1 aliphatic rings. The molecular formula is C16H15F2NOS. The van der Waals surface area contributed by atoms with Crippen molar-refractivity contribution in [2.24, 2.45) is 0 Å². The highest BCUT2D eigenvalue weighted by atomic mass is 32.1. The number of halogens is 2. The Kier molecular flexibility index (Phi) is 4.01. The summed E-state index contributed by atoms with van der Waals surface area (Å²) in [5.41, 5.74) is -0.0468. The Morgan fingerprint density at radius 2 is 2.10 bits per heavy atom. The van der Waals surface area contributed by atoms with Gasteiger partial charge >= 0.3 is 0 Å². The Morgan fingerprint density at radius 1 is 1.29 bits per heavy atom. The lowest BCUT2D eigenvalue weighted by molar-refractivity contribution is 0.0740. The minimum atomic E-state index is -0.790. The first-order valence-electron chi connectivity index (χ1n) is 6.93. The number of amides is 1. The molecule has 0 spiro atoms. The molecule has 1 heterocycles. The van der Waals surface area contributed by atoms with Crippen LogP contribution in [-0.4, -0.2) is 23.4 Å². The molecule has 3 rings (SSSR count). The van der Waals surface area contributed by atoms with Gasteiger partial charge in [-0.15, -0.1) is 11.3 Å². The third-order valence-corrected chi connectivity index (χ3v) is 4.53. The van der Waals surface area contributed by atoms with Crippen LogP contribution in [0, 0.1) is 11.6 Å². The maximum absolute atomic E-state index is 13.8. The third kappa shape index (κ3) is 3.29. The van der Waals surface area contributed by atoms with Gasteiger partial charge in [0.05, 0.1) is 5.56 Å². The molecule has 1 saturated carbocycles. The van der Waals surface area contributed by atoms with Crippen LogP contribution in [0.5, 0.6) is 0 Å². The molecular weight excluding hydrogens is 292 g/mol. The normalized spacial score (nSPS) is 14.2. The van der Waals surface area contributed by atoms with Crippen molar-refractivity contribution >= 4 is 17.2 Å². The summed E-state index contributed by atoms with van der Waals surface area (Å²) in [7, 11) is 0. The van der Waals surface area contributed by atoms with Gasteiger partial charge in [0.2, 0.25) is 0 Å². The van der Waals surface area contributed by atoms with Crippen molar-refractivity contribution in [2.45, 2.75) is 25.3 Å². The zero-order chi connectivity index (χ0) is 14.8. The van der Waals surface area contributed by atoms with Crippen molar-refractivity contribution in [1.29, 1.82) is 0 Å². The first-order valence-corrected chi connectivity index (χ1v) is 7.81. The molecule has 5 heteroatoms. The van der Waals surface area contributed by atoms with Gasteiger partial charge in [0, 0.05) is 23.5 Å². The van der Waals surface area contributed by atoms with Crippen molar-refractivity contribution in [3.05, 3.63) is 57.8 Å². The predicted octanol–water partition coefficient (Wildman–Crippen LogP) is 3.87. The molecule has 1 aromatic heterocycles. The highest BCUT2D eigenvalue weighted by Crippen LogP contribution is 2.29. The van der Waals surface area contributed by atoms with Crippen LogP contribution in [0.4, 0.5) is 8.78 Å². The molecule has 2 nitrogen and oxygen atoms in total. The van der Waals surface area contributed by atoms with Crippen LogP contribution in [-0.2, 0) is 6.42 Å². The van der Waals surface area contributed by atoms with Gasteiger partial charge in [-0.3, -0.25) is 4.79 Å². The van der Waals surface area contributed by atoms with Gasteiger partial charge < -0.3 is 4.90 Å². The summed E-state index contributed by atoms with van der Waals surface area (Å²) in [6.07, 6.45) is 2.68. The Labute approximate surface area is 126 Å². The second-order valence-electron chi connectivity index (χ2n) is 5.18. The summed E-state index contributed by atoms with van der Waals surface area (Å²) in [5, 5.41) is 2.00.